The van der Waals surface area contributed by atoms with Crippen LogP contribution in [0.2, 0.25) is 5.02 Å². The first-order valence-corrected chi connectivity index (χ1v) is 6.67. The molecule has 0 saturated carbocycles. The molecule has 0 radical (unpaired) electrons. The quantitative estimate of drug-likeness (QED) is 0.573. The summed E-state index contributed by atoms with van der Waals surface area (Å²) < 4.78 is 0. The average molecular weight is 260 g/mol. The number of nitrogens with one attached hydrogen (secondary N) is 1. The maximum atomic E-state index is 6.13. The molecular weight excluding hydrogens is 241 g/mol. The second-order valence-corrected chi connectivity index (χ2v) is 4.81. The molecule has 1 N–H and O–H groups in total. The summed E-state index contributed by atoms with van der Waals surface area (Å²) >= 11 is 11.7. The molecule has 1 rings (SSSR count). The van der Waals surface area contributed by atoms with Gasteiger partial charge in [-0.3, -0.25) is 0 Å². The summed E-state index contributed by atoms with van der Waals surface area (Å²) in [4.78, 5) is 0. The van der Waals surface area contributed by atoms with E-state index in [0.29, 0.717) is 0 Å². The maximum absolute atomic E-state index is 6.13. The fraction of sp³-hybridized carbons (Fsp3) is 0.538. The van der Waals surface area contributed by atoms with Crippen molar-refractivity contribution in [1.82, 2.24) is 5.32 Å². The molecular formula is C13H19Cl2N. The van der Waals surface area contributed by atoms with Crippen molar-refractivity contribution in [3.05, 3.63) is 34.3 Å². The number of benzene rings is 1. The van der Waals surface area contributed by atoms with Gasteiger partial charge in [0.25, 0.3) is 0 Å². The Labute approximate surface area is 108 Å². The second-order valence-electron chi connectivity index (χ2n) is 4.02. The van der Waals surface area contributed by atoms with E-state index in [9.17, 15) is 0 Å². The van der Waals surface area contributed by atoms with Crippen LogP contribution in [0.3, 0.4) is 0 Å². The highest BCUT2D eigenvalue weighted by molar-refractivity contribution is 6.31. The van der Waals surface area contributed by atoms with Crippen molar-refractivity contribution in [2.75, 3.05) is 12.4 Å². The number of alkyl halides is 1. The molecule has 16 heavy (non-hydrogen) atoms. The lowest BCUT2D eigenvalue weighted by molar-refractivity contribution is 0.618. The minimum atomic E-state index is 0.768. The van der Waals surface area contributed by atoms with Gasteiger partial charge >= 0.3 is 0 Å². The van der Waals surface area contributed by atoms with Gasteiger partial charge in [-0.05, 0) is 43.5 Å². The van der Waals surface area contributed by atoms with Gasteiger partial charge < -0.3 is 5.32 Å². The predicted molar refractivity (Wildman–Crippen MR) is 72.5 cm³/mol. The van der Waals surface area contributed by atoms with Crippen LogP contribution in [0.15, 0.2) is 18.2 Å². The van der Waals surface area contributed by atoms with Crippen molar-refractivity contribution in [2.24, 2.45) is 0 Å². The Morgan fingerprint density at radius 2 is 2.00 bits per heavy atom. The Hall–Kier alpha value is -0.240. The minimum Gasteiger partial charge on any atom is -0.313 e. The molecule has 0 amide bonds. The third-order valence-electron chi connectivity index (χ3n) is 2.51. The van der Waals surface area contributed by atoms with E-state index in [1.807, 2.05) is 6.07 Å². The molecule has 3 heteroatoms. The van der Waals surface area contributed by atoms with Crippen LogP contribution in [-0.4, -0.2) is 12.4 Å². The molecule has 1 nitrogen and oxygen atoms in total. The van der Waals surface area contributed by atoms with Crippen molar-refractivity contribution in [1.29, 1.82) is 0 Å². The van der Waals surface area contributed by atoms with E-state index in [-0.39, 0.29) is 0 Å². The van der Waals surface area contributed by atoms with Gasteiger partial charge in [-0.1, -0.05) is 30.2 Å². The van der Waals surface area contributed by atoms with E-state index in [0.717, 1.165) is 30.4 Å². The van der Waals surface area contributed by atoms with Crippen molar-refractivity contribution < 1.29 is 0 Å². The standard InChI is InChI=1S/C13H19Cl2N/c1-11-5-6-12(13(15)9-11)10-16-8-4-2-3-7-14/h5-6,9,16H,2-4,7-8,10H2,1H3. The molecule has 0 spiro atoms. The van der Waals surface area contributed by atoms with E-state index in [4.69, 9.17) is 23.2 Å². The topological polar surface area (TPSA) is 12.0 Å². The summed E-state index contributed by atoms with van der Waals surface area (Å²) in [7, 11) is 0. The summed E-state index contributed by atoms with van der Waals surface area (Å²) in [5.74, 6) is 0.768. The zero-order chi connectivity index (χ0) is 11.8. The molecule has 0 heterocycles. The van der Waals surface area contributed by atoms with Gasteiger partial charge in [0.1, 0.15) is 0 Å². The fourth-order valence-corrected chi connectivity index (χ4v) is 2.03. The molecule has 0 aromatic heterocycles. The van der Waals surface area contributed by atoms with Crippen molar-refractivity contribution in [3.63, 3.8) is 0 Å². The molecule has 0 atom stereocenters. The Balaban J connectivity index is 2.21. The first-order valence-electron chi connectivity index (χ1n) is 5.75. The molecule has 0 unspecified atom stereocenters. The Bertz CT molecular complexity index is 313. The van der Waals surface area contributed by atoms with E-state index in [2.05, 4.69) is 24.4 Å². The summed E-state index contributed by atoms with van der Waals surface area (Å²) in [6.07, 6.45) is 3.48. The third-order valence-corrected chi connectivity index (χ3v) is 3.13. The minimum absolute atomic E-state index is 0.768. The van der Waals surface area contributed by atoms with Crippen LogP contribution in [0.5, 0.6) is 0 Å². The van der Waals surface area contributed by atoms with E-state index < -0.39 is 0 Å². The maximum Gasteiger partial charge on any atom is 0.0453 e. The van der Waals surface area contributed by atoms with Gasteiger partial charge in [-0.25, -0.2) is 0 Å². The number of unbranched alkanes of at least 4 members (excludes halogenated alkanes) is 2. The van der Waals surface area contributed by atoms with Crippen LogP contribution in [0.1, 0.15) is 30.4 Å². The first kappa shape index (κ1) is 13.8. The lowest BCUT2D eigenvalue weighted by Gasteiger charge is -2.07. The van der Waals surface area contributed by atoms with E-state index in [1.54, 1.807) is 0 Å². The van der Waals surface area contributed by atoms with Crippen LogP contribution in [0.4, 0.5) is 0 Å². The van der Waals surface area contributed by atoms with Gasteiger partial charge in [0.05, 0.1) is 0 Å². The smallest absolute Gasteiger partial charge is 0.0453 e. The summed E-state index contributed by atoms with van der Waals surface area (Å²) in [5, 5.41) is 4.25. The molecule has 0 bridgehead atoms. The molecule has 0 aliphatic heterocycles. The van der Waals surface area contributed by atoms with Crippen LogP contribution in [0.25, 0.3) is 0 Å². The summed E-state index contributed by atoms with van der Waals surface area (Å²) in [5.41, 5.74) is 2.38. The first-order chi connectivity index (χ1) is 7.74. The molecule has 0 aliphatic carbocycles. The van der Waals surface area contributed by atoms with Crippen molar-refractivity contribution in [3.8, 4) is 0 Å². The zero-order valence-corrected chi connectivity index (χ0v) is 11.2. The van der Waals surface area contributed by atoms with Gasteiger partial charge in [0, 0.05) is 17.4 Å². The highest BCUT2D eigenvalue weighted by atomic mass is 35.5. The van der Waals surface area contributed by atoms with Crippen LogP contribution in [-0.2, 0) is 6.54 Å². The summed E-state index contributed by atoms with van der Waals surface area (Å²) in [6, 6.07) is 6.19. The second kappa shape index (κ2) is 7.94. The Kier molecular flexibility index (Phi) is 6.86. The number of hydrogen-bond donors (Lipinski definition) is 1. The predicted octanol–water partition coefficient (Wildman–Crippen LogP) is 4.15. The average Bonchev–Trinajstić information content (AvgIpc) is 2.26. The zero-order valence-electron chi connectivity index (χ0n) is 9.73. The third kappa shape index (κ3) is 5.20. The lowest BCUT2D eigenvalue weighted by Crippen LogP contribution is -2.14. The van der Waals surface area contributed by atoms with E-state index >= 15 is 0 Å². The number of halogens is 2. The molecule has 0 saturated heterocycles. The highest BCUT2D eigenvalue weighted by Gasteiger charge is 1.99. The van der Waals surface area contributed by atoms with Crippen LogP contribution in [0, 0.1) is 6.92 Å². The molecule has 1 aromatic carbocycles. The Morgan fingerprint density at radius 3 is 2.69 bits per heavy atom. The number of rotatable bonds is 7. The van der Waals surface area contributed by atoms with Crippen molar-refractivity contribution >= 4 is 23.2 Å². The molecule has 1 aromatic rings. The van der Waals surface area contributed by atoms with Gasteiger partial charge in [-0.15, -0.1) is 11.6 Å². The normalized spacial score (nSPS) is 10.7. The molecule has 0 aliphatic rings. The lowest BCUT2D eigenvalue weighted by atomic mass is 10.1. The van der Waals surface area contributed by atoms with Gasteiger partial charge in [0.2, 0.25) is 0 Å². The molecule has 90 valence electrons. The van der Waals surface area contributed by atoms with Crippen LogP contribution < -0.4 is 5.32 Å². The Morgan fingerprint density at radius 1 is 1.19 bits per heavy atom. The number of hydrogen-bond acceptors (Lipinski definition) is 1. The largest absolute Gasteiger partial charge is 0.313 e. The monoisotopic (exact) mass is 259 g/mol. The van der Waals surface area contributed by atoms with Crippen molar-refractivity contribution in [2.45, 2.75) is 32.7 Å². The fourth-order valence-electron chi connectivity index (χ4n) is 1.54. The SMILES string of the molecule is Cc1ccc(CNCCCCCCl)c(Cl)c1. The highest BCUT2D eigenvalue weighted by Crippen LogP contribution is 2.17. The molecule has 0 fully saturated rings. The van der Waals surface area contributed by atoms with Gasteiger partial charge in [0.15, 0.2) is 0 Å². The van der Waals surface area contributed by atoms with E-state index in [1.165, 1.54) is 24.0 Å². The van der Waals surface area contributed by atoms with Gasteiger partial charge in [-0.2, -0.15) is 0 Å². The number of aryl methyl sites for hydroxylation is 1. The van der Waals surface area contributed by atoms with Crippen LogP contribution >= 0.6 is 23.2 Å². The summed E-state index contributed by atoms with van der Waals surface area (Å²) in [6.45, 7) is 3.93.